The van der Waals surface area contributed by atoms with Crippen molar-refractivity contribution in [3.05, 3.63) is 71.8 Å². The van der Waals surface area contributed by atoms with Crippen molar-refractivity contribution in [3.8, 4) is 0 Å². The van der Waals surface area contributed by atoms with Crippen LogP contribution in [0.4, 0.5) is 9.59 Å². The van der Waals surface area contributed by atoms with E-state index in [1.54, 1.807) is 49.0 Å². The minimum atomic E-state index is -1.49. The Morgan fingerprint density at radius 1 is 0.468 bits per heavy atom. The van der Waals surface area contributed by atoms with E-state index >= 15 is 0 Å². The van der Waals surface area contributed by atoms with Crippen molar-refractivity contribution >= 4 is 47.8 Å². The van der Waals surface area contributed by atoms with Crippen molar-refractivity contribution in [1.82, 2.24) is 9.80 Å². The molecule has 0 aromatic heterocycles. The van der Waals surface area contributed by atoms with Gasteiger partial charge in [-0.05, 0) is 101 Å². The lowest BCUT2D eigenvalue weighted by Gasteiger charge is -2.36. The smallest absolute Gasteiger partial charge is 0.410 e. The number of nitrogens with zero attached hydrogens (tertiary/aromatic N) is 2. The Morgan fingerprint density at radius 2 is 0.805 bits per heavy atom. The number of hydrogen-bond acceptors (Lipinski definition) is 14. The molecular weight excluding hydrogens is 997 g/mol. The van der Waals surface area contributed by atoms with Gasteiger partial charge < -0.3 is 54.3 Å². The first-order valence-electron chi connectivity index (χ1n) is 26.6. The normalized spacial score (nSPS) is 20.4. The lowest BCUT2D eigenvalue weighted by Crippen LogP contribution is -2.52. The number of carbonyl (C=O) groups excluding carboxylic acids is 5. The Bertz CT molecular complexity index is 2390. The second-order valence-corrected chi connectivity index (χ2v) is 23.0. The third-order valence-electron chi connectivity index (χ3n) is 16.8. The van der Waals surface area contributed by atoms with E-state index in [1.807, 2.05) is 102 Å². The number of ether oxygens (including phenoxy) is 4. The summed E-state index contributed by atoms with van der Waals surface area (Å²) in [4.78, 5) is 93.8. The molecule has 5 fully saturated rings. The Labute approximate surface area is 454 Å². The molecule has 0 saturated heterocycles. The van der Waals surface area contributed by atoms with E-state index in [9.17, 15) is 53.7 Å². The molecule has 2 amide bonds. The zero-order valence-corrected chi connectivity index (χ0v) is 47.6. The molecule has 0 spiro atoms. The van der Waals surface area contributed by atoms with Crippen molar-refractivity contribution in [2.45, 2.75) is 188 Å². The number of carbonyl (C=O) groups is 8. The molecule has 19 nitrogen and oxygen atoms in total. The SMILES string of the molecule is CC1(C(=O)C(=O)O)CC1.CCC(O)(C(=O)O)C1(C)CC1.CCC(O)(C(=O)OCc1ccccc1)C1(C)CC1.CCC(OC(=O)N(C)C)(C(=O)O)C1(C)CC1.CCC(OC(=O)N(C)C)(C(=O)OCc1ccccc1)C1(C)CC1. The van der Waals surface area contributed by atoms with Crippen molar-refractivity contribution < 1.29 is 82.8 Å². The fourth-order valence-corrected chi connectivity index (χ4v) is 9.00. The van der Waals surface area contributed by atoms with Crippen LogP contribution in [0, 0.1) is 27.1 Å². The Kier molecular flexibility index (Phi) is 21.7. The largest absolute Gasteiger partial charge is 0.479 e. The molecule has 5 saturated carbocycles. The first-order valence-corrected chi connectivity index (χ1v) is 26.6. The summed E-state index contributed by atoms with van der Waals surface area (Å²) in [5.41, 5.74) is -5.52. The standard InChI is InChI=1S/C18H25NO4.C15H20O3.C11H19NO4.C8H14O3.C6H8O3/c1-5-18(17(2)11-12-17,23-16(21)19(3)4)15(20)22-13-14-9-7-6-8-10-14;1-3-15(17,14(2)9-10-14)13(16)18-11-12-7-5-4-6-8-12;1-5-11(8(13)14,10(2)6-7-10)16-9(15)12(3)4;1-3-8(11,6(9)10)7(2)4-5-7;1-6(2-3-6)4(7)5(8)9/h6-10H,5,11-13H2,1-4H3;4-8,17H,3,9-11H2,1-2H3;5-7H2,1-4H3,(H,13,14);11H,3-5H2,1-2H3,(H,9,10);2-3H2,1H3,(H,8,9). The maximum Gasteiger partial charge on any atom is 0.410 e. The van der Waals surface area contributed by atoms with E-state index in [-0.39, 0.29) is 29.5 Å². The summed E-state index contributed by atoms with van der Waals surface area (Å²) < 4.78 is 21.6. The minimum Gasteiger partial charge on any atom is -0.479 e. The highest BCUT2D eigenvalue weighted by atomic mass is 16.6. The molecule has 5 aliphatic rings. The molecule has 0 heterocycles. The number of hydrogen-bond donors (Lipinski definition) is 5. The van der Waals surface area contributed by atoms with E-state index in [0.29, 0.717) is 25.7 Å². The predicted molar refractivity (Wildman–Crippen MR) is 284 cm³/mol. The summed E-state index contributed by atoms with van der Waals surface area (Å²) in [6, 6.07) is 19.0. The number of rotatable bonds is 20. The van der Waals surface area contributed by atoms with Gasteiger partial charge in [0.25, 0.3) is 0 Å². The fraction of sp³-hybridized carbons (Fsp3) is 0.655. The van der Waals surface area contributed by atoms with Gasteiger partial charge in [-0.25, -0.2) is 33.6 Å². The number of carboxylic acids is 3. The van der Waals surface area contributed by atoms with Crippen LogP contribution in [0.3, 0.4) is 0 Å². The second-order valence-electron chi connectivity index (χ2n) is 23.0. The summed E-state index contributed by atoms with van der Waals surface area (Å²) in [7, 11) is 6.29. The van der Waals surface area contributed by atoms with Gasteiger partial charge in [0.05, 0.1) is 0 Å². The third kappa shape index (κ3) is 15.4. The van der Waals surface area contributed by atoms with Gasteiger partial charge in [0.15, 0.2) is 11.2 Å². The van der Waals surface area contributed by atoms with Gasteiger partial charge in [-0.3, -0.25) is 4.79 Å². The summed E-state index contributed by atoms with van der Waals surface area (Å²) in [6.45, 7) is 16.8. The van der Waals surface area contributed by atoms with Crippen LogP contribution in [0.25, 0.3) is 0 Å². The number of benzene rings is 2. The fourth-order valence-electron chi connectivity index (χ4n) is 9.00. The number of carboxylic acid groups (broad SMARTS) is 3. The van der Waals surface area contributed by atoms with E-state index in [1.165, 1.54) is 9.80 Å². The van der Waals surface area contributed by atoms with Crippen LogP contribution >= 0.6 is 0 Å². The topological polar surface area (TPSA) is 281 Å². The summed E-state index contributed by atoms with van der Waals surface area (Å²) in [5.74, 6) is -5.02. The quantitative estimate of drug-likeness (QED) is 0.0469. The van der Waals surface area contributed by atoms with Crippen LogP contribution in [-0.2, 0) is 60.9 Å². The van der Waals surface area contributed by atoms with Gasteiger partial charge in [-0.15, -0.1) is 0 Å². The van der Waals surface area contributed by atoms with Gasteiger partial charge in [-0.2, -0.15) is 0 Å². The molecule has 7 rings (SSSR count). The molecule has 0 bridgehead atoms. The molecule has 0 radical (unpaired) electrons. The average molecular weight is 1080 g/mol. The Morgan fingerprint density at radius 3 is 1.06 bits per heavy atom. The highest BCUT2D eigenvalue weighted by Crippen LogP contribution is 2.59. The number of Topliss-reactive ketones (excluding diaryl/α,β-unsaturated/α-hetero) is 1. The first kappa shape index (κ1) is 65.2. The molecular formula is C58H86N2O17. The highest BCUT2D eigenvalue weighted by molar-refractivity contribution is 6.35. The number of esters is 2. The van der Waals surface area contributed by atoms with Crippen LogP contribution in [0.1, 0.15) is 163 Å². The van der Waals surface area contributed by atoms with Crippen LogP contribution in [-0.4, -0.2) is 134 Å². The zero-order valence-electron chi connectivity index (χ0n) is 47.6. The Balaban J connectivity index is 0.000000262. The minimum absolute atomic E-state index is 0.178. The predicted octanol–water partition coefficient (Wildman–Crippen LogP) is 9.22. The molecule has 77 heavy (non-hydrogen) atoms. The van der Waals surface area contributed by atoms with E-state index < -0.39 is 81.1 Å². The molecule has 19 heteroatoms. The maximum absolute atomic E-state index is 12.8. The monoisotopic (exact) mass is 1080 g/mol. The van der Waals surface area contributed by atoms with Gasteiger partial charge >= 0.3 is 42.0 Å². The number of amides is 2. The van der Waals surface area contributed by atoms with Crippen LogP contribution in [0.2, 0.25) is 0 Å². The van der Waals surface area contributed by atoms with E-state index in [4.69, 9.17) is 29.2 Å². The lowest BCUT2D eigenvalue weighted by molar-refractivity contribution is -0.176. The van der Waals surface area contributed by atoms with Crippen LogP contribution < -0.4 is 0 Å². The van der Waals surface area contributed by atoms with Gasteiger partial charge in [0.2, 0.25) is 17.0 Å². The average Bonchev–Trinajstić information content (AvgIpc) is 4.09. The van der Waals surface area contributed by atoms with E-state index in [2.05, 4.69) is 0 Å². The molecule has 5 N–H and O–H groups in total. The number of ketones is 1. The molecule has 2 aromatic rings. The first-order chi connectivity index (χ1) is 35.7. The van der Waals surface area contributed by atoms with Crippen LogP contribution in [0.5, 0.6) is 0 Å². The third-order valence-corrected chi connectivity index (χ3v) is 16.8. The van der Waals surface area contributed by atoms with Crippen molar-refractivity contribution in [2.75, 3.05) is 28.2 Å². The summed E-state index contributed by atoms with van der Waals surface area (Å²) in [6.07, 6.45) is 8.42. The highest BCUT2D eigenvalue weighted by Gasteiger charge is 2.65. The van der Waals surface area contributed by atoms with Gasteiger partial charge in [0.1, 0.15) is 13.2 Å². The second kappa shape index (κ2) is 25.6. The molecule has 4 atom stereocenters. The molecule has 430 valence electrons. The number of aliphatic carboxylic acids is 3. The van der Waals surface area contributed by atoms with Crippen LogP contribution in [0.15, 0.2) is 60.7 Å². The Hall–Kier alpha value is -6.08. The van der Waals surface area contributed by atoms with E-state index in [0.717, 1.165) is 75.3 Å². The molecule has 4 unspecified atom stereocenters. The van der Waals surface area contributed by atoms with Gasteiger partial charge in [0, 0.05) is 55.3 Å². The molecule has 2 aromatic carbocycles. The molecule has 5 aliphatic carbocycles. The van der Waals surface area contributed by atoms with Crippen molar-refractivity contribution in [3.63, 3.8) is 0 Å². The zero-order chi connectivity index (χ0) is 58.6. The number of aliphatic hydroxyl groups is 2. The summed E-state index contributed by atoms with van der Waals surface area (Å²) >= 11 is 0. The van der Waals surface area contributed by atoms with Crippen molar-refractivity contribution in [1.29, 1.82) is 0 Å². The van der Waals surface area contributed by atoms with Crippen molar-refractivity contribution in [2.24, 2.45) is 27.1 Å². The summed E-state index contributed by atoms with van der Waals surface area (Å²) in [5, 5.41) is 46.5. The van der Waals surface area contributed by atoms with Gasteiger partial charge in [-0.1, -0.05) is 123 Å². The lowest BCUT2D eigenvalue weighted by atomic mass is 9.83. The molecule has 0 aliphatic heterocycles. The maximum atomic E-state index is 12.8.